The summed E-state index contributed by atoms with van der Waals surface area (Å²) in [6, 6.07) is 0. The van der Waals surface area contributed by atoms with Gasteiger partial charge in [-0.3, -0.25) is 9.13 Å². The third-order valence-corrected chi connectivity index (χ3v) is 7.44. The predicted molar refractivity (Wildman–Crippen MR) is 106 cm³/mol. The van der Waals surface area contributed by atoms with Gasteiger partial charge in [-0.15, -0.1) is 0 Å². The van der Waals surface area contributed by atoms with Crippen LogP contribution in [0, 0.1) is 0 Å². The van der Waals surface area contributed by atoms with Gasteiger partial charge in [0.1, 0.15) is 0 Å². The molecule has 0 aliphatic rings. The van der Waals surface area contributed by atoms with E-state index in [9.17, 15) is 14.0 Å². The fourth-order valence-corrected chi connectivity index (χ4v) is 5.80. The number of hydrogen-bond donors (Lipinski definition) is 2. The Bertz CT molecular complexity index is 395. The maximum atomic E-state index is 11.6. The topological polar surface area (TPSA) is 83.8 Å². The maximum Gasteiger partial charge on any atom is 0.335 e. The summed E-state index contributed by atoms with van der Waals surface area (Å²) in [7, 11) is -7.80. The smallest absolute Gasteiger partial charge is 0.324 e. The van der Waals surface area contributed by atoms with E-state index in [0.29, 0.717) is 6.42 Å². The molecule has 0 aromatic carbocycles. The molecular formula is C18H40O5P2. The van der Waals surface area contributed by atoms with Gasteiger partial charge in [0.2, 0.25) is 0 Å². The SMILES string of the molecule is CCCCCCCCCCCCCCCCCP(=O)(O)OP(C)(=O)O. The molecular weight excluding hydrogens is 358 g/mol. The number of rotatable bonds is 18. The van der Waals surface area contributed by atoms with Crippen LogP contribution < -0.4 is 0 Å². The molecule has 2 atom stereocenters. The van der Waals surface area contributed by atoms with Crippen LogP contribution in [0.2, 0.25) is 0 Å². The maximum absolute atomic E-state index is 11.6. The lowest BCUT2D eigenvalue weighted by atomic mass is 10.0. The summed E-state index contributed by atoms with van der Waals surface area (Å²) in [6.07, 6.45) is 18.4. The second kappa shape index (κ2) is 15.4. The molecule has 0 saturated heterocycles. The van der Waals surface area contributed by atoms with Crippen molar-refractivity contribution < 1.29 is 23.2 Å². The van der Waals surface area contributed by atoms with Gasteiger partial charge in [-0.2, -0.15) is 0 Å². The Kier molecular flexibility index (Phi) is 15.6. The first-order valence-corrected chi connectivity index (χ1v) is 13.9. The standard InChI is InChI=1S/C18H40O5P2/c1-3-4-5-6-7-8-9-10-11-12-13-14-15-16-17-18-25(21,22)23-24(2,19)20/h3-18H2,1-2H3,(H,19,20)(H,21,22). The highest BCUT2D eigenvalue weighted by Crippen LogP contribution is 2.57. The molecule has 0 heterocycles. The predicted octanol–water partition coefficient (Wildman–Crippen LogP) is 6.88. The Labute approximate surface area is 155 Å². The van der Waals surface area contributed by atoms with Crippen molar-refractivity contribution in [1.29, 1.82) is 0 Å². The Morgan fingerprint density at radius 3 is 1.28 bits per heavy atom. The van der Waals surface area contributed by atoms with Crippen molar-refractivity contribution in [2.24, 2.45) is 0 Å². The van der Waals surface area contributed by atoms with Crippen LogP contribution in [0.25, 0.3) is 0 Å². The van der Waals surface area contributed by atoms with E-state index in [1.165, 1.54) is 70.6 Å². The highest BCUT2D eigenvalue weighted by molar-refractivity contribution is 7.65. The van der Waals surface area contributed by atoms with Crippen molar-refractivity contribution >= 4 is 15.2 Å². The molecule has 0 spiro atoms. The quantitative estimate of drug-likeness (QED) is 0.194. The molecule has 0 saturated carbocycles. The van der Waals surface area contributed by atoms with Crippen LogP contribution in [-0.4, -0.2) is 22.6 Å². The Balaban J connectivity index is 3.29. The van der Waals surface area contributed by atoms with Crippen LogP contribution in [-0.2, 0) is 13.4 Å². The summed E-state index contributed by atoms with van der Waals surface area (Å²) in [5.41, 5.74) is 0. The average molecular weight is 398 g/mol. The van der Waals surface area contributed by atoms with Gasteiger partial charge >= 0.3 is 15.2 Å². The average Bonchev–Trinajstić information content (AvgIpc) is 2.48. The van der Waals surface area contributed by atoms with E-state index >= 15 is 0 Å². The van der Waals surface area contributed by atoms with Crippen LogP contribution >= 0.6 is 15.2 Å². The molecule has 2 unspecified atom stereocenters. The monoisotopic (exact) mass is 398 g/mol. The van der Waals surface area contributed by atoms with Crippen molar-refractivity contribution in [2.75, 3.05) is 12.8 Å². The third kappa shape index (κ3) is 20.5. The van der Waals surface area contributed by atoms with Crippen LogP contribution in [0.5, 0.6) is 0 Å². The molecule has 0 fully saturated rings. The van der Waals surface area contributed by atoms with E-state index in [1.807, 2.05) is 0 Å². The van der Waals surface area contributed by atoms with E-state index in [0.717, 1.165) is 25.9 Å². The minimum absolute atomic E-state index is 0.0380. The summed E-state index contributed by atoms with van der Waals surface area (Å²) in [6.45, 7) is 3.18. The minimum atomic E-state index is -3.91. The molecule has 0 radical (unpaired) electrons. The third-order valence-electron chi connectivity index (χ3n) is 4.32. The van der Waals surface area contributed by atoms with Gasteiger partial charge in [0.25, 0.3) is 0 Å². The lowest BCUT2D eigenvalue weighted by molar-refractivity contribution is 0.335. The van der Waals surface area contributed by atoms with Gasteiger partial charge in [0, 0.05) is 6.66 Å². The summed E-state index contributed by atoms with van der Waals surface area (Å²) < 4.78 is 26.9. The van der Waals surface area contributed by atoms with Gasteiger partial charge in [0.05, 0.1) is 6.16 Å². The van der Waals surface area contributed by atoms with Crippen molar-refractivity contribution in [3.05, 3.63) is 0 Å². The molecule has 0 aliphatic carbocycles. The van der Waals surface area contributed by atoms with Gasteiger partial charge in [-0.25, -0.2) is 4.31 Å². The van der Waals surface area contributed by atoms with Gasteiger partial charge in [-0.1, -0.05) is 96.8 Å². The molecule has 0 rings (SSSR count). The zero-order valence-corrected chi connectivity index (χ0v) is 18.1. The summed E-state index contributed by atoms with van der Waals surface area (Å²) in [5, 5.41) is 0. The zero-order chi connectivity index (χ0) is 19.0. The van der Waals surface area contributed by atoms with Crippen molar-refractivity contribution in [3.8, 4) is 0 Å². The Morgan fingerprint density at radius 1 is 0.640 bits per heavy atom. The molecule has 5 nitrogen and oxygen atoms in total. The highest BCUT2D eigenvalue weighted by Gasteiger charge is 2.27. The zero-order valence-electron chi connectivity index (χ0n) is 16.3. The minimum Gasteiger partial charge on any atom is -0.324 e. The Morgan fingerprint density at radius 2 is 0.960 bits per heavy atom. The molecule has 0 amide bonds. The van der Waals surface area contributed by atoms with Crippen molar-refractivity contribution in [1.82, 2.24) is 0 Å². The van der Waals surface area contributed by atoms with E-state index in [2.05, 4.69) is 11.2 Å². The van der Waals surface area contributed by atoms with Crippen LogP contribution in [0.1, 0.15) is 103 Å². The molecule has 7 heteroatoms. The molecule has 2 N–H and O–H groups in total. The van der Waals surface area contributed by atoms with Crippen molar-refractivity contribution in [2.45, 2.75) is 103 Å². The van der Waals surface area contributed by atoms with E-state index < -0.39 is 15.2 Å². The van der Waals surface area contributed by atoms with Crippen molar-refractivity contribution in [3.63, 3.8) is 0 Å². The number of hydrogen-bond acceptors (Lipinski definition) is 3. The second-order valence-corrected chi connectivity index (χ2v) is 11.2. The lowest BCUT2D eigenvalue weighted by Gasteiger charge is -2.13. The fraction of sp³-hybridized carbons (Fsp3) is 1.00. The first-order valence-electron chi connectivity index (χ1n) is 10.1. The molecule has 0 bridgehead atoms. The largest absolute Gasteiger partial charge is 0.335 e. The van der Waals surface area contributed by atoms with Crippen LogP contribution in [0.3, 0.4) is 0 Å². The molecule has 0 aliphatic heterocycles. The highest BCUT2D eigenvalue weighted by atomic mass is 31.3. The summed E-state index contributed by atoms with van der Waals surface area (Å²) in [4.78, 5) is 18.4. The van der Waals surface area contributed by atoms with E-state index in [-0.39, 0.29) is 6.16 Å². The van der Waals surface area contributed by atoms with Gasteiger partial charge in [0.15, 0.2) is 0 Å². The summed E-state index contributed by atoms with van der Waals surface area (Å²) >= 11 is 0. The summed E-state index contributed by atoms with van der Waals surface area (Å²) in [5.74, 6) is 0. The van der Waals surface area contributed by atoms with Crippen LogP contribution in [0.4, 0.5) is 0 Å². The fourth-order valence-electron chi connectivity index (χ4n) is 2.96. The van der Waals surface area contributed by atoms with E-state index in [4.69, 9.17) is 4.89 Å². The second-order valence-electron chi connectivity index (χ2n) is 7.20. The first-order chi connectivity index (χ1) is 11.8. The normalized spacial score (nSPS) is 16.5. The molecule has 0 aromatic heterocycles. The Hall–Kier alpha value is 0.340. The van der Waals surface area contributed by atoms with E-state index in [1.54, 1.807) is 0 Å². The first kappa shape index (κ1) is 25.3. The molecule has 0 aromatic rings. The lowest BCUT2D eigenvalue weighted by Crippen LogP contribution is -1.93. The van der Waals surface area contributed by atoms with Crippen LogP contribution in [0.15, 0.2) is 0 Å². The molecule has 25 heavy (non-hydrogen) atoms. The molecule has 152 valence electrons. The van der Waals surface area contributed by atoms with Gasteiger partial charge < -0.3 is 9.79 Å². The number of unbranched alkanes of at least 4 members (excludes halogenated alkanes) is 14. The van der Waals surface area contributed by atoms with Gasteiger partial charge in [-0.05, 0) is 6.42 Å².